The van der Waals surface area contributed by atoms with Gasteiger partial charge in [-0.25, -0.2) is 10.5 Å². The molecule has 29 heavy (non-hydrogen) atoms. The summed E-state index contributed by atoms with van der Waals surface area (Å²) in [6, 6.07) is 9.12. The average Bonchev–Trinajstić information content (AvgIpc) is 3.16. The normalized spacial score (nSPS) is 10.9. The van der Waals surface area contributed by atoms with Gasteiger partial charge in [0.05, 0.1) is 24.3 Å². The van der Waals surface area contributed by atoms with Crippen molar-refractivity contribution in [1.82, 2.24) is 10.5 Å². The predicted molar refractivity (Wildman–Crippen MR) is 110 cm³/mol. The van der Waals surface area contributed by atoms with Crippen LogP contribution in [-0.4, -0.2) is 29.8 Å². The van der Waals surface area contributed by atoms with Crippen molar-refractivity contribution in [3.63, 3.8) is 0 Å². The van der Waals surface area contributed by atoms with Crippen LogP contribution in [0.3, 0.4) is 0 Å². The minimum atomic E-state index is -0.382. The summed E-state index contributed by atoms with van der Waals surface area (Å²) >= 11 is 6.47. The molecular formula is C21H23ClN2O5. The molecule has 0 aliphatic heterocycles. The molecule has 0 radical (unpaired) electrons. The lowest BCUT2D eigenvalue weighted by Gasteiger charge is -2.13. The van der Waals surface area contributed by atoms with Gasteiger partial charge in [-0.05, 0) is 50.5 Å². The Hall–Kier alpha value is -2.77. The number of aryl methyl sites for hydroxylation is 1. The molecule has 0 atom stereocenters. The number of benzene rings is 1. The molecular weight excluding hydrogens is 396 g/mol. The van der Waals surface area contributed by atoms with Crippen LogP contribution >= 0.6 is 11.6 Å². The van der Waals surface area contributed by atoms with Crippen LogP contribution in [0, 0.1) is 6.92 Å². The number of hydrogen-bond acceptors (Lipinski definition) is 6. The van der Waals surface area contributed by atoms with Gasteiger partial charge in [0.2, 0.25) is 5.91 Å². The molecule has 7 nitrogen and oxygen atoms in total. The SMILES string of the molecule is COc1cc2c(Cl)cc(-c3ccc(C)o3)nc2cc1OCCCCCC(=O)NO. The van der Waals surface area contributed by atoms with E-state index in [-0.39, 0.29) is 12.3 Å². The molecule has 3 rings (SSSR count). The van der Waals surface area contributed by atoms with Gasteiger partial charge in [0.1, 0.15) is 11.5 Å². The van der Waals surface area contributed by atoms with E-state index in [2.05, 4.69) is 4.98 Å². The molecule has 8 heteroatoms. The molecule has 2 aromatic heterocycles. The fourth-order valence-electron chi connectivity index (χ4n) is 2.97. The number of hydrogen-bond donors (Lipinski definition) is 2. The van der Waals surface area contributed by atoms with E-state index >= 15 is 0 Å². The molecule has 2 heterocycles. The molecule has 1 aromatic carbocycles. The molecule has 0 spiro atoms. The lowest BCUT2D eigenvalue weighted by Crippen LogP contribution is -2.17. The Morgan fingerprint density at radius 2 is 2.03 bits per heavy atom. The highest BCUT2D eigenvalue weighted by atomic mass is 35.5. The van der Waals surface area contributed by atoms with E-state index in [1.807, 2.05) is 25.1 Å². The van der Waals surface area contributed by atoms with E-state index < -0.39 is 0 Å². The van der Waals surface area contributed by atoms with Crippen LogP contribution in [-0.2, 0) is 4.79 Å². The molecule has 1 amide bonds. The number of carbonyl (C=O) groups excluding carboxylic acids is 1. The number of ether oxygens (including phenoxy) is 2. The number of fused-ring (bicyclic) bond motifs is 1. The van der Waals surface area contributed by atoms with Gasteiger partial charge in [-0.3, -0.25) is 10.0 Å². The zero-order valence-corrected chi connectivity index (χ0v) is 17.1. The van der Waals surface area contributed by atoms with Gasteiger partial charge in [0.25, 0.3) is 0 Å². The largest absolute Gasteiger partial charge is 0.493 e. The van der Waals surface area contributed by atoms with Crippen LogP contribution in [0.5, 0.6) is 11.5 Å². The Labute approximate surface area is 173 Å². The highest BCUT2D eigenvalue weighted by molar-refractivity contribution is 6.35. The second-order valence-electron chi connectivity index (χ2n) is 6.61. The Kier molecular flexibility index (Phi) is 6.95. The quantitative estimate of drug-likeness (QED) is 0.291. The molecule has 0 aliphatic carbocycles. The average molecular weight is 419 g/mol. The number of nitrogens with zero attached hydrogens (tertiary/aromatic N) is 1. The molecule has 3 aromatic rings. The third-order valence-corrected chi connectivity index (χ3v) is 4.78. The second kappa shape index (κ2) is 9.62. The molecule has 0 bridgehead atoms. The van der Waals surface area contributed by atoms with Crippen LogP contribution < -0.4 is 15.0 Å². The summed E-state index contributed by atoms with van der Waals surface area (Å²) in [7, 11) is 1.57. The van der Waals surface area contributed by atoms with Crippen molar-refractivity contribution in [1.29, 1.82) is 0 Å². The first-order valence-corrected chi connectivity index (χ1v) is 9.70. The van der Waals surface area contributed by atoms with Crippen LogP contribution in [0.25, 0.3) is 22.4 Å². The summed E-state index contributed by atoms with van der Waals surface area (Å²) < 4.78 is 17.0. The molecule has 2 N–H and O–H groups in total. The van der Waals surface area contributed by atoms with Crippen LogP contribution in [0.15, 0.2) is 34.7 Å². The van der Waals surface area contributed by atoms with Crippen LogP contribution in [0.2, 0.25) is 5.02 Å². The molecule has 0 saturated heterocycles. The number of hydroxylamine groups is 1. The standard InChI is InChI=1S/C21H23ClN2O5/c1-13-7-8-18(29-13)17-11-15(22)14-10-19(27-2)20(12-16(14)23-17)28-9-5-3-4-6-21(25)24-26/h7-8,10-12,26H,3-6,9H2,1-2H3,(H,24,25). The Morgan fingerprint density at radius 1 is 1.21 bits per heavy atom. The van der Waals surface area contributed by atoms with Gasteiger partial charge in [-0.1, -0.05) is 11.6 Å². The third-order valence-electron chi connectivity index (χ3n) is 4.47. The number of furan rings is 1. The van der Waals surface area contributed by atoms with Crippen LogP contribution in [0.4, 0.5) is 0 Å². The number of methoxy groups -OCH3 is 1. The minimum Gasteiger partial charge on any atom is -0.493 e. The van der Waals surface area contributed by atoms with E-state index in [4.69, 9.17) is 30.7 Å². The Bertz CT molecular complexity index is 1000. The van der Waals surface area contributed by atoms with Gasteiger partial charge in [0.15, 0.2) is 17.3 Å². The number of rotatable bonds is 9. The fraction of sp³-hybridized carbons (Fsp3) is 0.333. The monoisotopic (exact) mass is 418 g/mol. The maximum absolute atomic E-state index is 11.0. The van der Waals surface area contributed by atoms with E-state index in [0.29, 0.717) is 46.5 Å². The smallest absolute Gasteiger partial charge is 0.243 e. The van der Waals surface area contributed by atoms with Gasteiger partial charge in [-0.15, -0.1) is 0 Å². The molecule has 0 aliphatic rings. The van der Waals surface area contributed by atoms with Gasteiger partial charge in [-0.2, -0.15) is 0 Å². The Balaban J connectivity index is 1.75. The summed E-state index contributed by atoms with van der Waals surface area (Å²) in [5.74, 6) is 2.21. The number of halogens is 1. The molecule has 0 fully saturated rings. The van der Waals surface area contributed by atoms with Crippen molar-refractivity contribution in [2.75, 3.05) is 13.7 Å². The maximum atomic E-state index is 11.0. The van der Waals surface area contributed by atoms with Gasteiger partial charge >= 0.3 is 0 Å². The molecule has 0 saturated carbocycles. The summed E-state index contributed by atoms with van der Waals surface area (Å²) in [4.78, 5) is 15.7. The number of amides is 1. The summed E-state index contributed by atoms with van der Waals surface area (Å²) in [5, 5.41) is 9.79. The predicted octanol–water partition coefficient (Wildman–Crippen LogP) is 4.91. The number of unbranched alkanes of at least 4 members (excludes halogenated alkanes) is 2. The second-order valence-corrected chi connectivity index (χ2v) is 7.02. The number of carbonyl (C=O) groups is 1. The molecule has 154 valence electrons. The lowest BCUT2D eigenvalue weighted by atomic mass is 10.1. The van der Waals surface area contributed by atoms with Crippen molar-refractivity contribution >= 4 is 28.4 Å². The fourth-order valence-corrected chi connectivity index (χ4v) is 3.22. The highest BCUT2D eigenvalue weighted by Gasteiger charge is 2.14. The zero-order chi connectivity index (χ0) is 20.8. The first-order chi connectivity index (χ1) is 14.0. The summed E-state index contributed by atoms with van der Waals surface area (Å²) in [6.07, 6.45) is 2.52. The first kappa shape index (κ1) is 21.0. The first-order valence-electron chi connectivity index (χ1n) is 9.32. The van der Waals surface area contributed by atoms with Crippen molar-refractivity contribution < 1.29 is 23.9 Å². The summed E-state index contributed by atoms with van der Waals surface area (Å²) in [6.45, 7) is 2.34. The van der Waals surface area contributed by atoms with Crippen molar-refractivity contribution in [3.05, 3.63) is 41.1 Å². The topological polar surface area (TPSA) is 93.8 Å². The van der Waals surface area contributed by atoms with Gasteiger partial charge < -0.3 is 13.9 Å². The van der Waals surface area contributed by atoms with E-state index in [0.717, 1.165) is 24.0 Å². The lowest BCUT2D eigenvalue weighted by molar-refractivity contribution is -0.129. The number of aromatic nitrogens is 1. The number of nitrogens with one attached hydrogen (secondary N) is 1. The maximum Gasteiger partial charge on any atom is 0.243 e. The van der Waals surface area contributed by atoms with E-state index in [1.54, 1.807) is 24.7 Å². The minimum absolute atomic E-state index is 0.285. The van der Waals surface area contributed by atoms with Crippen molar-refractivity contribution in [3.8, 4) is 23.0 Å². The van der Waals surface area contributed by atoms with Crippen molar-refractivity contribution in [2.45, 2.75) is 32.6 Å². The van der Waals surface area contributed by atoms with Crippen molar-refractivity contribution in [2.24, 2.45) is 0 Å². The van der Waals surface area contributed by atoms with Crippen LogP contribution in [0.1, 0.15) is 31.4 Å². The van der Waals surface area contributed by atoms with Gasteiger partial charge in [0, 0.05) is 17.9 Å². The van der Waals surface area contributed by atoms with E-state index in [9.17, 15) is 4.79 Å². The zero-order valence-electron chi connectivity index (χ0n) is 16.3. The van der Waals surface area contributed by atoms with E-state index in [1.165, 1.54) is 0 Å². The highest BCUT2D eigenvalue weighted by Crippen LogP contribution is 2.36. The number of pyridine rings is 1. The third kappa shape index (κ3) is 5.19. The Morgan fingerprint density at radius 3 is 2.72 bits per heavy atom. The molecule has 0 unspecified atom stereocenters. The summed E-state index contributed by atoms with van der Waals surface area (Å²) in [5.41, 5.74) is 2.95.